The second kappa shape index (κ2) is 10.8. The molecule has 0 saturated heterocycles. The summed E-state index contributed by atoms with van der Waals surface area (Å²) < 4.78 is 13.1. The Morgan fingerprint density at radius 3 is 2.81 bits per heavy atom. The lowest BCUT2D eigenvalue weighted by atomic mass is 9.99. The molecule has 1 aromatic carbocycles. The van der Waals surface area contributed by atoms with Gasteiger partial charge >= 0.3 is 0 Å². The van der Waals surface area contributed by atoms with E-state index in [1.54, 1.807) is 6.07 Å². The van der Waals surface area contributed by atoms with Gasteiger partial charge in [0.1, 0.15) is 5.82 Å². The molecule has 0 bridgehead atoms. The predicted octanol–water partition coefficient (Wildman–Crippen LogP) is 5.53. The Bertz CT molecular complexity index is 420. The molecule has 0 fully saturated rings. The van der Waals surface area contributed by atoms with E-state index in [9.17, 15) is 4.39 Å². The van der Waals surface area contributed by atoms with E-state index < -0.39 is 0 Å². The highest BCUT2D eigenvalue weighted by molar-refractivity contribution is 6.31. The van der Waals surface area contributed by atoms with E-state index in [1.165, 1.54) is 31.4 Å². The van der Waals surface area contributed by atoms with Gasteiger partial charge in [-0.2, -0.15) is 0 Å². The number of rotatable bonds is 11. The number of unbranched alkanes of at least 4 members (excludes halogenated alkanes) is 3. The largest absolute Gasteiger partial charge is 0.314 e. The van der Waals surface area contributed by atoms with Gasteiger partial charge in [0.05, 0.1) is 0 Å². The molecule has 0 heterocycles. The topological polar surface area (TPSA) is 12.0 Å². The summed E-state index contributed by atoms with van der Waals surface area (Å²) in [5.74, 6) is -0.272. The van der Waals surface area contributed by atoms with Crippen molar-refractivity contribution >= 4 is 11.6 Å². The van der Waals surface area contributed by atoms with Crippen LogP contribution in [0.3, 0.4) is 0 Å². The monoisotopic (exact) mass is 311 g/mol. The summed E-state index contributed by atoms with van der Waals surface area (Å²) in [5, 5.41) is 4.11. The first-order chi connectivity index (χ1) is 10.2. The molecule has 1 N–H and O–H groups in total. The summed E-state index contributed by atoms with van der Waals surface area (Å²) in [6.07, 6.45) is 9.82. The standard InChI is InChI=1S/C18H27ClFN/c1-3-5-6-7-8-9-17(21-12-4-2)13-15-10-11-16(20)14-18(15)19/h3,10-11,14,17,21H,1,4-9,12-13H2,2H3. The summed E-state index contributed by atoms with van der Waals surface area (Å²) >= 11 is 6.13. The minimum atomic E-state index is -0.272. The Balaban J connectivity index is 2.49. The van der Waals surface area contributed by atoms with Crippen LogP contribution in [-0.2, 0) is 6.42 Å². The third-order valence-corrected chi connectivity index (χ3v) is 3.98. The van der Waals surface area contributed by atoms with E-state index in [1.807, 2.05) is 6.08 Å². The number of hydrogen-bond acceptors (Lipinski definition) is 1. The molecule has 1 nitrogen and oxygen atoms in total. The fraction of sp³-hybridized carbons (Fsp3) is 0.556. The number of allylic oxidation sites excluding steroid dienone is 1. The van der Waals surface area contributed by atoms with Gasteiger partial charge in [-0.3, -0.25) is 0 Å². The predicted molar refractivity (Wildman–Crippen MR) is 90.5 cm³/mol. The highest BCUT2D eigenvalue weighted by Crippen LogP contribution is 2.20. The molecule has 0 radical (unpaired) electrons. The van der Waals surface area contributed by atoms with Crippen LogP contribution in [0.1, 0.15) is 51.0 Å². The fourth-order valence-electron chi connectivity index (χ4n) is 2.43. The molecule has 1 unspecified atom stereocenters. The second-order valence-electron chi connectivity index (χ2n) is 5.52. The maximum atomic E-state index is 13.1. The van der Waals surface area contributed by atoms with Crippen LogP contribution in [0, 0.1) is 5.82 Å². The van der Waals surface area contributed by atoms with Gasteiger partial charge in [-0.15, -0.1) is 6.58 Å². The highest BCUT2D eigenvalue weighted by atomic mass is 35.5. The molecule has 0 aliphatic heterocycles. The normalized spacial score (nSPS) is 12.3. The summed E-state index contributed by atoms with van der Waals surface area (Å²) in [4.78, 5) is 0. The second-order valence-corrected chi connectivity index (χ2v) is 5.92. The van der Waals surface area contributed by atoms with E-state index >= 15 is 0 Å². The zero-order valence-electron chi connectivity index (χ0n) is 13.0. The minimum Gasteiger partial charge on any atom is -0.314 e. The van der Waals surface area contributed by atoms with E-state index in [2.05, 4.69) is 18.8 Å². The molecular weight excluding hydrogens is 285 g/mol. The minimum absolute atomic E-state index is 0.272. The van der Waals surface area contributed by atoms with Gasteiger partial charge in [0.15, 0.2) is 0 Å². The smallest absolute Gasteiger partial charge is 0.124 e. The average Bonchev–Trinajstić information content (AvgIpc) is 2.46. The first-order valence-electron chi connectivity index (χ1n) is 7.95. The van der Waals surface area contributed by atoms with Gasteiger partial charge in [0.25, 0.3) is 0 Å². The van der Waals surface area contributed by atoms with Crippen molar-refractivity contribution in [2.24, 2.45) is 0 Å². The number of benzene rings is 1. The van der Waals surface area contributed by atoms with Crippen molar-refractivity contribution in [3.63, 3.8) is 0 Å². The van der Waals surface area contributed by atoms with Crippen molar-refractivity contribution in [1.29, 1.82) is 0 Å². The van der Waals surface area contributed by atoms with Crippen molar-refractivity contribution in [3.8, 4) is 0 Å². The fourth-order valence-corrected chi connectivity index (χ4v) is 2.68. The van der Waals surface area contributed by atoms with Gasteiger partial charge in [-0.25, -0.2) is 4.39 Å². The highest BCUT2D eigenvalue weighted by Gasteiger charge is 2.11. The maximum Gasteiger partial charge on any atom is 0.124 e. The van der Waals surface area contributed by atoms with E-state index in [4.69, 9.17) is 11.6 Å². The molecule has 0 saturated carbocycles. The van der Waals surface area contributed by atoms with E-state index in [-0.39, 0.29) is 5.82 Å². The lowest BCUT2D eigenvalue weighted by molar-refractivity contribution is 0.454. The lowest BCUT2D eigenvalue weighted by Gasteiger charge is -2.19. The Morgan fingerprint density at radius 2 is 2.14 bits per heavy atom. The Kier molecular flexibility index (Phi) is 9.36. The Labute approximate surface area is 133 Å². The third kappa shape index (κ3) is 7.63. The van der Waals surface area contributed by atoms with E-state index in [0.717, 1.165) is 37.8 Å². The molecule has 0 aromatic heterocycles. The van der Waals surface area contributed by atoms with Crippen molar-refractivity contribution in [2.75, 3.05) is 6.54 Å². The molecule has 0 aliphatic rings. The summed E-state index contributed by atoms with van der Waals surface area (Å²) in [6.45, 7) is 6.92. The molecule has 1 rings (SSSR count). The first kappa shape index (κ1) is 18.2. The Hall–Kier alpha value is -0.860. The van der Waals surface area contributed by atoms with Crippen molar-refractivity contribution < 1.29 is 4.39 Å². The summed E-state index contributed by atoms with van der Waals surface area (Å²) in [7, 11) is 0. The summed E-state index contributed by atoms with van der Waals surface area (Å²) in [6, 6.07) is 5.10. The SMILES string of the molecule is C=CCCCCCC(Cc1ccc(F)cc1Cl)NCCC. The van der Waals surface area contributed by atoms with Gasteiger partial charge in [-0.1, -0.05) is 43.5 Å². The lowest BCUT2D eigenvalue weighted by Crippen LogP contribution is -2.31. The zero-order chi connectivity index (χ0) is 15.5. The van der Waals surface area contributed by atoms with Gasteiger partial charge in [-0.05, 0) is 56.3 Å². The van der Waals surface area contributed by atoms with Crippen LogP contribution in [0.4, 0.5) is 4.39 Å². The first-order valence-corrected chi connectivity index (χ1v) is 8.33. The van der Waals surface area contributed by atoms with Crippen LogP contribution < -0.4 is 5.32 Å². The molecule has 1 atom stereocenters. The molecule has 1 aromatic rings. The number of halogens is 2. The van der Waals surface area contributed by atoms with E-state index in [0.29, 0.717) is 11.1 Å². The number of hydrogen-bond donors (Lipinski definition) is 1. The molecule has 0 aliphatic carbocycles. The van der Waals surface area contributed by atoms with Crippen molar-refractivity contribution in [2.45, 2.75) is 57.9 Å². The Morgan fingerprint density at radius 1 is 1.33 bits per heavy atom. The van der Waals surface area contributed by atoms with Crippen LogP contribution in [-0.4, -0.2) is 12.6 Å². The third-order valence-electron chi connectivity index (χ3n) is 3.63. The van der Waals surface area contributed by atoms with Crippen LogP contribution in [0.5, 0.6) is 0 Å². The molecular formula is C18H27ClFN. The quantitative estimate of drug-likeness (QED) is 0.419. The van der Waals surface area contributed by atoms with Crippen LogP contribution in [0.25, 0.3) is 0 Å². The maximum absolute atomic E-state index is 13.1. The molecule has 3 heteroatoms. The van der Waals surface area contributed by atoms with Crippen molar-refractivity contribution in [3.05, 3.63) is 47.3 Å². The molecule has 118 valence electrons. The van der Waals surface area contributed by atoms with Crippen LogP contribution in [0.15, 0.2) is 30.9 Å². The van der Waals surface area contributed by atoms with Gasteiger partial charge < -0.3 is 5.32 Å². The molecule has 0 spiro atoms. The molecule has 0 amide bonds. The van der Waals surface area contributed by atoms with Crippen LogP contribution >= 0.6 is 11.6 Å². The zero-order valence-corrected chi connectivity index (χ0v) is 13.8. The average molecular weight is 312 g/mol. The molecule has 21 heavy (non-hydrogen) atoms. The van der Waals surface area contributed by atoms with Crippen molar-refractivity contribution in [1.82, 2.24) is 5.32 Å². The van der Waals surface area contributed by atoms with Gasteiger partial charge in [0, 0.05) is 11.1 Å². The van der Waals surface area contributed by atoms with Gasteiger partial charge in [0.2, 0.25) is 0 Å². The number of nitrogens with one attached hydrogen (secondary N) is 1. The summed E-state index contributed by atoms with van der Waals surface area (Å²) in [5.41, 5.74) is 1.03. The van der Waals surface area contributed by atoms with Crippen LogP contribution in [0.2, 0.25) is 5.02 Å².